The van der Waals surface area contributed by atoms with Gasteiger partial charge in [-0.1, -0.05) is 25.3 Å². The molecule has 0 radical (unpaired) electrons. The van der Waals surface area contributed by atoms with E-state index in [1.807, 2.05) is 24.4 Å². The van der Waals surface area contributed by atoms with Gasteiger partial charge in [0.1, 0.15) is 6.54 Å². The fraction of sp³-hybridized carbons (Fsp3) is 0.538. The van der Waals surface area contributed by atoms with Crippen LogP contribution in [-0.2, 0) is 6.54 Å². The topological polar surface area (TPSA) is 55.3 Å². The third kappa shape index (κ3) is 4.06. The molecule has 92 valence electrons. The number of aromatic amines is 1. The summed E-state index contributed by atoms with van der Waals surface area (Å²) in [6.07, 6.45) is 7.86. The summed E-state index contributed by atoms with van der Waals surface area (Å²) in [7, 11) is 0. The molecule has 0 bridgehead atoms. The van der Waals surface area contributed by atoms with Crippen molar-refractivity contribution >= 4 is 6.03 Å². The Labute approximate surface area is 102 Å². The lowest BCUT2D eigenvalue weighted by atomic mass is 9.96. The first kappa shape index (κ1) is 11.9. The van der Waals surface area contributed by atoms with Gasteiger partial charge in [0.2, 0.25) is 0 Å². The van der Waals surface area contributed by atoms with Crippen molar-refractivity contribution in [3.05, 3.63) is 30.1 Å². The van der Waals surface area contributed by atoms with Gasteiger partial charge in [0.25, 0.3) is 0 Å². The van der Waals surface area contributed by atoms with Crippen LogP contribution in [0.4, 0.5) is 4.79 Å². The minimum atomic E-state index is -0.0610. The molecule has 1 aromatic rings. The summed E-state index contributed by atoms with van der Waals surface area (Å²) in [6.45, 7) is 0.541. The third-order valence-corrected chi connectivity index (χ3v) is 3.15. The Morgan fingerprint density at radius 2 is 2.12 bits per heavy atom. The van der Waals surface area contributed by atoms with Crippen molar-refractivity contribution in [2.45, 2.75) is 44.7 Å². The second kappa shape index (κ2) is 6.23. The molecule has 0 aliphatic heterocycles. The largest absolute Gasteiger partial charge is 0.335 e. The van der Waals surface area contributed by atoms with E-state index in [9.17, 15) is 4.79 Å². The fourth-order valence-electron chi connectivity index (χ4n) is 2.20. The number of rotatable bonds is 3. The van der Waals surface area contributed by atoms with Crippen LogP contribution in [0.1, 0.15) is 37.8 Å². The monoisotopic (exact) mass is 234 g/mol. The van der Waals surface area contributed by atoms with Crippen molar-refractivity contribution in [1.29, 1.82) is 0 Å². The van der Waals surface area contributed by atoms with Crippen LogP contribution in [0.15, 0.2) is 24.4 Å². The van der Waals surface area contributed by atoms with Crippen LogP contribution in [0.25, 0.3) is 0 Å². The van der Waals surface area contributed by atoms with Gasteiger partial charge in [-0.2, -0.15) is 0 Å². The number of H-pyrrole nitrogens is 1. The maximum atomic E-state index is 11.6. The van der Waals surface area contributed by atoms with Crippen LogP contribution in [0.2, 0.25) is 0 Å². The van der Waals surface area contributed by atoms with Crippen molar-refractivity contribution in [3.8, 4) is 0 Å². The van der Waals surface area contributed by atoms with E-state index in [-0.39, 0.29) is 6.03 Å². The zero-order valence-corrected chi connectivity index (χ0v) is 10.0. The number of carbonyl (C=O) groups is 1. The highest BCUT2D eigenvalue weighted by Gasteiger charge is 2.15. The lowest BCUT2D eigenvalue weighted by Crippen LogP contribution is -2.43. The molecule has 1 aliphatic rings. The number of aromatic nitrogens is 1. The molecule has 17 heavy (non-hydrogen) atoms. The van der Waals surface area contributed by atoms with Crippen LogP contribution < -0.4 is 15.6 Å². The van der Waals surface area contributed by atoms with E-state index in [2.05, 4.69) is 15.6 Å². The minimum absolute atomic E-state index is 0.0610. The van der Waals surface area contributed by atoms with Gasteiger partial charge in [-0.3, -0.25) is 0 Å². The van der Waals surface area contributed by atoms with E-state index in [0.29, 0.717) is 12.6 Å². The molecule has 0 atom stereocenters. The summed E-state index contributed by atoms with van der Waals surface area (Å²) in [6, 6.07) is 6.14. The number of urea groups is 1. The number of pyridine rings is 1. The summed E-state index contributed by atoms with van der Waals surface area (Å²) in [5, 5.41) is 5.89. The van der Waals surface area contributed by atoms with Gasteiger partial charge < -0.3 is 10.6 Å². The molecule has 0 aromatic carbocycles. The van der Waals surface area contributed by atoms with E-state index in [1.165, 1.54) is 19.3 Å². The Balaban J connectivity index is 1.70. The SMILES string of the molecule is O=C(NCc1cccc[nH+]1)NC1CCCCC1. The van der Waals surface area contributed by atoms with Gasteiger partial charge >= 0.3 is 6.03 Å². The second-order valence-corrected chi connectivity index (χ2v) is 4.55. The summed E-state index contributed by atoms with van der Waals surface area (Å²) < 4.78 is 0. The molecule has 3 N–H and O–H groups in total. The van der Waals surface area contributed by atoms with E-state index >= 15 is 0 Å². The Hall–Kier alpha value is -1.58. The van der Waals surface area contributed by atoms with Crippen LogP contribution in [-0.4, -0.2) is 12.1 Å². The number of amides is 2. The van der Waals surface area contributed by atoms with Gasteiger partial charge in [-0.25, -0.2) is 9.78 Å². The first-order valence-corrected chi connectivity index (χ1v) is 6.34. The zero-order valence-electron chi connectivity index (χ0n) is 10.0. The van der Waals surface area contributed by atoms with Gasteiger partial charge in [0.05, 0.1) is 0 Å². The average Bonchev–Trinajstić information content (AvgIpc) is 2.39. The third-order valence-electron chi connectivity index (χ3n) is 3.15. The predicted octanol–water partition coefficient (Wildman–Crippen LogP) is 1.63. The lowest BCUT2D eigenvalue weighted by molar-refractivity contribution is -0.390. The normalized spacial score (nSPS) is 16.5. The van der Waals surface area contributed by atoms with Crippen molar-refractivity contribution in [1.82, 2.24) is 10.6 Å². The van der Waals surface area contributed by atoms with Gasteiger partial charge in [-0.15, -0.1) is 0 Å². The van der Waals surface area contributed by atoms with Crippen LogP contribution in [0.3, 0.4) is 0 Å². The standard InChI is InChI=1S/C13H19N3O/c17-13(16-11-6-2-1-3-7-11)15-10-12-8-4-5-9-14-12/h4-5,8-9,11H,1-3,6-7,10H2,(H2,15,16,17)/p+1. The molecule has 1 saturated carbocycles. The van der Waals surface area contributed by atoms with Gasteiger partial charge in [0.15, 0.2) is 11.9 Å². The average molecular weight is 234 g/mol. The molecular formula is C13H20N3O+. The summed E-state index contributed by atoms with van der Waals surface area (Å²) in [5.74, 6) is 0. The number of hydrogen-bond donors (Lipinski definition) is 2. The van der Waals surface area contributed by atoms with Crippen LogP contribution >= 0.6 is 0 Å². The Morgan fingerprint density at radius 3 is 2.82 bits per heavy atom. The Morgan fingerprint density at radius 1 is 1.29 bits per heavy atom. The van der Waals surface area contributed by atoms with Crippen LogP contribution in [0.5, 0.6) is 0 Å². The molecule has 0 unspecified atom stereocenters. The van der Waals surface area contributed by atoms with Crippen molar-refractivity contribution in [2.24, 2.45) is 0 Å². The van der Waals surface area contributed by atoms with E-state index in [1.54, 1.807) is 0 Å². The van der Waals surface area contributed by atoms with E-state index < -0.39 is 0 Å². The lowest BCUT2D eigenvalue weighted by Gasteiger charge is -2.22. The second-order valence-electron chi connectivity index (χ2n) is 4.55. The zero-order chi connectivity index (χ0) is 11.9. The van der Waals surface area contributed by atoms with Gasteiger partial charge in [0, 0.05) is 18.2 Å². The highest BCUT2D eigenvalue weighted by Crippen LogP contribution is 2.17. The maximum absolute atomic E-state index is 11.6. The molecule has 4 heteroatoms. The highest BCUT2D eigenvalue weighted by molar-refractivity contribution is 5.74. The molecule has 1 aromatic heterocycles. The quantitative estimate of drug-likeness (QED) is 0.820. The first-order valence-electron chi connectivity index (χ1n) is 6.34. The number of hydrogen-bond acceptors (Lipinski definition) is 1. The molecule has 1 aliphatic carbocycles. The summed E-state index contributed by atoms with van der Waals surface area (Å²) in [5.41, 5.74) is 1.01. The Kier molecular flexibility index (Phi) is 4.36. The van der Waals surface area contributed by atoms with Crippen LogP contribution in [0, 0.1) is 0 Å². The van der Waals surface area contributed by atoms with Crippen molar-refractivity contribution in [2.75, 3.05) is 0 Å². The molecule has 0 saturated heterocycles. The number of nitrogens with one attached hydrogen (secondary N) is 3. The molecule has 1 fully saturated rings. The van der Waals surface area contributed by atoms with Crippen molar-refractivity contribution in [3.63, 3.8) is 0 Å². The maximum Gasteiger partial charge on any atom is 0.315 e. The molecule has 2 amide bonds. The Bertz CT molecular complexity index is 347. The first-order chi connectivity index (χ1) is 8.34. The summed E-state index contributed by atoms with van der Waals surface area (Å²) >= 11 is 0. The molecule has 2 rings (SSSR count). The summed E-state index contributed by atoms with van der Waals surface area (Å²) in [4.78, 5) is 14.7. The molecule has 0 spiro atoms. The smallest absolute Gasteiger partial charge is 0.315 e. The molecular weight excluding hydrogens is 214 g/mol. The van der Waals surface area contributed by atoms with E-state index in [0.717, 1.165) is 18.5 Å². The fourth-order valence-corrected chi connectivity index (χ4v) is 2.20. The van der Waals surface area contributed by atoms with E-state index in [4.69, 9.17) is 0 Å². The van der Waals surface area contributed by atoms with Crippen molar-refractivity contribution < 1.29 is 9.78 Å². The minimum Gasteiger partial charge on any atom is -0.335 e. The molecule has 1 heterocycles. The molecule has 4 nitrogen and oxygen atoms in total. The number of carbonyl (C=O) groups excluding carboxylic acids is 1. The predicted molar refractivity (Wildman–Crippen MR) is 65.2 cm³/mol. The van der Waals surface area contributed by atoms with Gasteiger partial charge in [-0.05, 0) is 12.8 Å². The highest BCUT2D eigenvalue weighted by atomic mass is 16.2.